The van der Waals surface area contributed by atoms with Crippen LogP contribution in [0.3, 0.4) is 0 Å². The van der Waals surface area contributed by atoms with Crippen molar-refractivity contribution in [1.82, 2.24) is 0 Å². The van der Waals surface area contributed by atoms with Crippen LogP contribution in [0.25, 0.3) is 0 Å². The Labute approximate surface area is 80.6 Å². The molecule has 1 aromatic carbocycles. The molecule has 0 saturated heterocycles. The Bertz CT molecular complexity index is 306. The van der Waals surface area contributed by atoms with Crippen molar-refractivity contribution >= 4 is 41.1 Å². The van der Waals surface area contributed by atoms with Crippen molar-refractivity contribution in [3.05, 3.63) is 27.8 Å². The third-order valence-electron chi connectivity index (χ3n) is 1.17. The average molecular weight is 328 g/mol. The number of rotatable bonds is 1. The summed E-state index contributed by atoms with van der Waals surface area (Å²) in [5.74, 6) is 0. The van der Waals surface area contributed by atoms with Crippen molar-refractivity contribution in [2.45, 2.75) is 0 Å². The first-order valence-electron chi connectivity index (χ1n) is 2.82. The summed E-state index contributed by atoms with van der Waals surface area (Å²) in [5, 5.41) is 0. The molecule has 5 heteroatoms. The van der Waals surface area contributed by atoms with Crippen LogP contribution in [-0.4, -0.2) is 22.4 Å². The molecular weight excluding hydrogens is 322 g/mol. The SMILES string of the molecule is O=[As](O)(O)c1ccccc1I. The molecule has 1 aromatic rings. The van der Waals surface area contributed by atoms with E-state index in [1.54, 1.807) is 18.2 Å². The molecule has 0 fully saturated rings. The molecule has 0 bridgehead atoms. The molecule has 0 heterocycles. The van der Waals surface area contributed by atoms with Gasteiger partial charge in [0.25, 0.3) is 0 Å². The fraction of sp³-hybridized carbons (Fsp3) is 0. The van der Waals surface area contributed by atoms with E-state index in [-0.39, 0.29) is 4.35 Å². The molecule has 0 radical (unpaired) electrons. The topological polar surface area (TPSA) is 57.5 Å². The van der Waals surface area contributed by atoms with E-state index in [0.717, 1.165) is 0 Å². The van der Waals surface area contributed by atoms with Crippen molar-refractivity contribution in [2.75, 3.05) is 0 Å². The third-order valence-corrected chi connectivity index (χ3v) is 5.17. The summed E-state index contributed by atoms with van der Waals surface area (Å²) in [6.07, 6.45) is 0. The van der Waals surface area contributed by atoms with Gasteiger partial charge in [0.05, 0.1) is 0 Å². The van der Waals surface area contributed by atoms with Gasteiger partial charge in [-0.1, -0.05) is 0 Å². The second-order valence-corrected chi connectivity index (χ2v) is 6.45. The minimum absolute atomic E-state index is 0.159. The van der Waals surface area contributed by atoms with Gasteiger partial charge in [-0.3, -0.25) is 0 Å². The van der Waals surface area contributed by atoms with Gasteiger partial charge in [0, 0.05) is 0 Å². The fourth-order valence-electron chi connectivity index (χ4n) is 0.688. The van der Waals surface area contributed by atoms with Crippen LogP contribution >= 0.6 is 22.6 Å². The van der Waals surface area contributed by atoms with Gasteiger partial charge < -0.3 is 0 Å². The molecule has 0 aliphatic heterocycles. The summed E-state index contributed by atoms with van der Waals surface area (Å²) in [7, 11) is 0. The first-order chi connectivity index (χ1) is 5.02. The van der Waals surface area contributed by atoms with E-state index < -0.39 is 14.2 Å². The number of halogens is 1. The minimum atomic E-state index is -4.66. The number of hydrogen-bond donors (Lipinski definition) is 2. The number of benzene rings is 1. The first kappa shape index (κ1) is 9.32. The number of hydrogen-bond acceptors (Lipinski definition) is 1. The standard InChI is InChI=1S/C6H6AsIO3/c8-6-4-2-1-3-5(6)7(9,10)11/h1-4H,(H2,9,10,11). The molecule has 0 aromatic heterocycles. The third kappa shape index (κ3) is 2.33. The van der Waals surface area contributed by atoms with E-state index in [4.69, 9.17) is 8.19 Å². The molecule has 60 valence electrons. The van der Waals surface area contributed by atoms with Crippen LogP contribution in [-0.2, 0) is 3.74 Å². The van der Waals surface area contributed by atoms with Crippen molar-refractivity contribution in [3.8, 4) is 0 Å². The molecule has 0 aliphatic carbocycles. The predicted molar refractivity (Wildman–Crippen MR) is 49.7 cm³/mol. The summed E-state index contributed by atoms with van der Waals surface area (Å²) >= 11 is -2.75. The quantitative estimate of drug-likeness (QED) is 0.557. The summed E-state index contributed by atoms with van der Waals surface area (Å²) < 4.78 is 29.3. The Morgan fingerprint density at radius 1 is 1.27 bits per heavy atom. The Hall–Kier alpha value is 0.228. The Kier molecular flexibility index (Phi) is 2.80. The Morgan fingerprint density at radius 2 is 1.82 bits per heavy atom. The zero-order valence-electron chi connectivity index (χ0n) is 5.44. The molecular formula is C6H6AsIO3. The van der Waals surface area contributed by atoms with E-state index in [1.807, 2.05) is 22.6 Å². The monoisotopic (exact) mass is 328 g/mol. The van der Waals surface area contributed by atoms with Crippen molar-refractivity contribution < 1.29 is 11.9 Å². The van der Waals surface area contributed by atoms with Gasteiger partial charge in [-0.05, 0) is 0 Å². The van der Waals surface area contributed by atoms with Crippen LogP contribution in [0.4, 0.5) is 0 Å². The van der Waals surface area contributed by atoms with Crippen molar-refractivity contribution in [2.24, 2.45) is 0 Å². The zero-order valence-corrected chi connectivity index (χ0v) is 9.47. The predicted octanol–water partition coefficient (Wildman–Crippen LogP) is -0.148. The van der Waals surface area contributed by atoms with Crippen LogP contribution in [0.5, 0.6) is 0 Å². The second kappa shape index (κ2) is 3.31. The van der Waals surface area contributed by atoms with Crippen LogP contribution in [0.15, 0.2) is 24.3 Å². The van der Waals surface area contributed by atoms with Crippen LogP contribution in [0.2, 0.25) is 0 Å². The van der Waals surface area contributed by atoms with E-state index in [1.165, 1.54) is 6.07 Å². The molecule has 0 aliphatic rings. The van der Waals surface area contributed by atoms with Gasteiger partial charge in [0.1, 0.15) is 0 Å². The Balaban J connectivity index is 3.25. The van der Waals surface area contributed by atoms with Gasteiger partial charge in [0.15, 0.2) is 0 Å². The summed E-state index contributed by atoms with van der Waals surface area (Å²) in [5.41, 5.74) is 0. The Morgan fingerprint density at radius 3 is 2.18 bits per heavy atom. The van der Waals surface area contributed by atoms with Crippen molar-refractivity contribution in [3.63, 3.8) is 0 Å². The molecule has 3 nitrogen and oxygen atoms in total. The molecule has 2 N–H and O–H groups in total. The van der Waals surface area contributed by atoms with E-state index in [9.17, 15) is 3.74 Å². The van der Waals surface area contributed by atoms with Crippen LogP contribution < -0.4 is 4.35 Å². The van der Waals surface area contributed by atoms with Crippen LogP contribution in [0.1, 0.15) is 0 Å². The maximum absolute atomic E-state index is 10.8. The molecule has 0 unspecified atom stereocenters. The molecule has 1 rings (SSSR count). The molecule has 0 spiro atoms. The van der Waals surface area contributed by atoms with Crippen LogP contribution in [0, 0.1) is 3.57 Å². The summed E-state index contributed by atoms with van der Waals surface area (Å²) in [6, 6.07) is 6.51. The second-order valence-electron chi connectivity index (χ2n) is 2.00. The van der Waals surface area contributed by atoms with Gasteiger partial charge in [-0.2, -0.15) is 0 Å². The van der Waals surface area contributed by atoms with E-state index in [0.29, 0.717) is 3.57 Å². The van der Waals surface area contributed by atoms with Gasteiger partial charge in [-0.15, -0.1) is 0 Å². The summed E-state index contributed by atoms with van der Waals surface area (Å²) in [6.45, 7) is 0. The van der Waals surface area contributed by atoms with Gasteiger partial charge in [0.2, 0.25) is 0 Å². The fourth-order valence-corrected chi connectivity index (χ4v) is 4.04. The molecule has 0 saturated carbocycles. The van der Waals surface area contributed by atoms with E-state index in [2.05, 4.69) is 0 Å². The molecule has 0 atom stereocenters. The average Bonchev–Trinajstić information content (AvgIpc) is 1.86. The molecule has 11 heavy (non-hydrogen) atoms. The maximum atomic E-state index is 10.8. The van der Waals surface area contributed by atoms with Gasteiger partial charge >= 0.3 is 80.9 Å². The first-order valence-corrected chi connectivity index (χ1v) is 7.28. The van der Waals surface area contributed by atoms with E-state index >= 15 is 0 Å². The zero-order chi connectivity index (χ0) is 8.48. The normalized spacial score (nSPS) is 11.5. The van der Waals surface area contributed by atoms with Crippen molar-refractivity contribution in [1.29, 1.82) is 0 Å². The van der Waals surface area contributed by atoms with Gasteiger partial charge in [-0.25, -0.2) is 0 Å². The molecule has 0 amide bonds. The summed E-state index contributed by atoms with van der Waals surface area (Å²) in [4.78, 5) is 0.